The van der Waals surface area contributed by atoms with Gasteiger partial charge < -0.3 is 24.7 Å². The van der Waals surface area contributed by atoms with Crippen LogP contribution in [0, 0.1) is 0 Å². The van der Waals surface area contributed by atoms with E-state index in [1.165, 1.54) is 5.56 Å². The third-order valence-corrected chi connectivity index (χ3v) is 6.89. The van der Waals surface area contributed by atoms with Crippen molar-refractivity contribution in [3.63, 3.8) is 0 Å². The van der Waals surface area contributed by atoms with E-state index in [-0.39, 0.29) is 30.6 Å². The number of aromatic nitrogens is 4. The molecular weight excluding hydrogens is 472 g/mol. The number of piperidine rings is 1. The summed E-state index contributed by atoms with van der Waals surface area (Å²) in [5, 5.41) is 3.75. The van der Waals surface area contributed by atoms with E-state index in [0.29, 0.717) is 18.3 Å². The maximum Gasteiger partial charge on any atom is 0.319 e. The second-order valence-electron chi connectivity index (χ2n) is 8.53. The number of hydrogen-bond donors (Lipinski definition) is 2. The Hall–Kier alpha value is -3.25. The van der Waals surface area contributed by atoms with Crippen LogP contribution in [0.5, 0.6) is 6.01 Å². The van der Waals surface area contributed by atoms with Crippen LogP contribution in [-0.2, 0) is 14.6 Å². The zero-order valence-corrected chi connectivity index (χ0v) is 20.7. The van der Waals surface area contributed by atoms with Crippen LogP contribution in [0.2, 0.25) is 0 Å². The maximum atomic E-state index is 12.7. The van der Waals surface area contributed by atoms with Gasteiger partial charge in [-0.15, -0.1) is 0 Å². The van der Waals surface area contributed by atoms with Gasteiger partial charge in [-0.25, -0.2) is 13.4 Å². The molecule has 1 aliphatic rings. The molecule has 0 atom stereocenters. The molecule has 12 heteroatoms. The Labute approximate surface area is 204 Å². The summed E-state index contributed by atoms with van der Waals surface area (Å²) in [4.78, 5) is 31.2. The van der Waals surface area contributed by atoms with Gasteiger partial charge in [-0.3, -0.25) is 4.79 Å². The van der Waals surface area contributed by atoms with E-state index in [0.717, 1.165) is 43.2 Å². The second kappa shape index (κ2) is 11.0. The van der Waals surface area contributed by atoms with E-state index >= 15 is 0 Å². The Balaban J connectivity index is 1.48. The number of hydrogen-bond acceptors (Lipinski definition) is 9. The number of sulfone groups is 1. The average molecular weight is 503 g/mol. The molecule has 188 valence electrons. The van der Waals surface area contributed by atoms with Gasteiger partial charge in [0.25, 0.3) is 5.91 Å². The number of aromatic amines is 1. The smallest absolute Gasteiger partial charge is 0.319 e. The van der Waals surface area contributed by atoms with Crippen LogP contribution in [0.3, 0.4) is 0 Å². The normalized spacial score (nSPS) is 14.9. The van der Waals surface area contributed by atoms with Crippen molar-refractivity contribution in [2.24, 2.45) is 0 Å². The van der Waals surface area contributed by atoms with Gasteiger partial charge in [0.2, 0.25) is 0 Å². The minimum absolute atomic E-state index is 0.00173. The van der Waals surface area contributed by atoms with Crippen LogP contribution >= 0.6 is 0 Å². The number of nitrogens with one attached hydrogen (secondary N) is 2. The summed E-state index contributed by atoms with van der Waals surface area (Å²) in [5.41, 5.74) is 2.29. The molecule has 3 aromatic rings. The lowest BCUT2D eigenvalue weighted by molar-refractivity contribution is 0.0948. The summed E-state index contributed by atoms with van der Waals surface area (Å²) < 4.78 is 33.4. The van der Waals surface area contributed by atoms with E-state index < -0.39 is 15.7 Å². The first-order valence-electron chi connectivity index (χ1n) is 11.5. The Morgan fingerprint density at radius 3 is 2.80 bits per heavy atom. The highest BCUT2D eigenvalue weighted by molar-refractivity contribution is 7.90. The van der Waals surface area contributed by atoms with Gasteiger partial charge in [-0.05, 0) is 36.5 Å². The highest BCUT2D eigenvalue weighted by Gasteiger charge is 2.25. The molecule has 1 saturated heterocycles. The van der Waals surface area contributed by atoms with Crippen LogP contribution < -0.4 is 15.0 Å². The summed E-state index contributed by atoms with van der Waals surface area (Å²) in [6, 6.07) is 5.74. The molecule has 1 fully saturated rings. The fourth-order valence-corrected chi connectivity index (χ4v) is 4.62. The van der Waals surface area contributed by atoms with Crippen molar-refractivity contribution in [2.45, 2.75) is 18.8 Å². The number of ether oxygens (including phenoxy) is 2. The lowest BCUT2D eigenvalue weighted by Gasteiger charge is -2.33. The first-order chi connectivity index (χ1) is 16.8. The van der Waals surface area contributed by atoms with Crippen molar-refractivity contribution in [2.75, 3.05) is 56.9 Å². The molecule has 0 bridgehead atoms. The van der Waals surface area contributed by atoms with Gasteiger partial charge in [0.05, 0.1) is 12.4 Å². The largest absolute Gasteiger partial charge is 0.461 e. The van der Waals surface area contributed by atoms with Crippen molar-refractivity contribution in [3.05, 3.63) is 41.9 Å². The number of fused-ring (bicyclic) bond motifs is 1. The Morgan fingerprint density at radius 2 is 2.06 bits per heavy atom. The Morgan fingerprint density at radius 1 is 1.26 bits per heavy atom. The number of amides is 1. The van der Waals surface area contributed by atoms with Crippen molar-refractivity contribution in [3.8, 4) is 6.01 Å². The molecule has 0 radical (unpaired) electrons. The molecule has 4 heterocycles. The molecule has 0 aromatic carbocycles. The highest BCUT2D eigenvalue weighted by Crippen LogP contribution is 2.34. The first kappa shape index (κ1) is 24.9. The molecular formula is C23H30N6O5S. The molecule has 2 N–H and O–H groups in total. The molecule has 0 aliphatic carbocycles. The van der Waals surface area contributed by atoms with Crippen molar-refractivity contribution in [1.29, 1.82) is 0 Å². The maximum absolute atomic E-state index is 12.7. The number of methoxy groups -OCH3 is 1. The van der Waals surface area contributed by atoms with Gasteiger partial charge in [-0.1, -0.05) is 0 Å². The molecule has 1 aliphatic heterocycles. The number of nitrogens with zero attached hydrogens (tertiary/aromatic N) is 4. The van der Waals surface area contributed by atoms with Crippen molar-refractivity contribution < 1.29 is 22.7 Å². The lowest BCUT2D eigenvalue weighted by atomic mass is 9.89. The van der Waals surface area contributed by atoms with E-state index in [4.69, 9.17) is 9.47 Å². The summed E-state index contributed by atoms with van der Waals surface area (Å²) >= 11 is 0. The fourth-order valence-electron chi connectivity index (χ4n) is 4.15. The molecule has 0 unspecified atom stereocenters. The lowest BCUT2D eigenvalue weighted by Crippen LogP contribution is -2.34. The van der Waals surface area contributed by atoms with E-state index in [1.807, 2.05) is 12.3 Å². The number of pyridine rings is 1. The minimum Gasteiger partial charge on any atom is -0.461 e. The Kier molecular flexibility index (Phi) is 7.81. The van der Waals surface area contributed by atoms with Crippen molar-refractivity contribution in [1.82, 2.24) is 25.3 Å². The number of H-pyrrole nitrogens is 1. The second-order valence-corrected chi connectivity index (χ2v) is 10.8. The topological polar surface area (TPSA) is 139 Å². The summed E-state index contributed by atoms with van der Waals surface area (Å²) in [6.07, 6.45) is 6.79. The number of anilines is 1. The SMILES string of the molecule is COCCOc1nc(C(=O)NCCS(C)(=O)=O)cc(N2CCC(c3c[nH]c4ncccc34)CC2)n1. The van der Waals surface area contributed by atoms with Crippen LogP contribution in [0.4, 0.5) is 5.82 Å². The third kappa shape index (κ3) is 6.45. The monoisotopic (exact) mass is 502 g/mol. The molecule has 1 amide bonds. The minimum atomic E-state index is -3.19. The summed E-state index contributed by atoms with van der Waals surface area (Å²) in [6.45, 7) is 2.10. The molecule has 0 saturated carbocycles. The Bertz CT molecular complexity index is 1270. The van der Waals surface area contributed by atoms with Gasteiger partial charge >= 0.3 is 6.01 Å². The molecule has 11 nitrogen and oxygen atoms in total. The molecule has 0 spiro atoms. The van der Waals surface area contributed by atoms with Gasteiger partial charge in [0, 0.05) is 56.8 Å². The van der Waals surface area contributed by atoms with Crippen LogP contribution in [0.25, 0.3) is 11.0 Å². The predicted molar refractivity (Wildman–Crippen MR) is 132 cm³/mol. The van der Waals surface area contributed by atoms with E-state index in [9.17, 15) is 13.2 Å². The zero-order chi connectivity index (χ0) is 24.8. The number of carbonyl (C=O) groups excluding carboxylic acids is 1. The predicted octanol–water partition coefficient (Wildman–Crippen LogP) is 1.54. The van der Waals surface area contributed by atoms with Gasteiger partial charge in [0.1, 0.15) is 33.6 Å². The standard InChI is InChI=1S/C23H30N6O5S/c1-33-11-12-34-23-27-19(22(30)25-8-13-35(2,31)32)14-20(28-23)29-9-5-16(6-10-29)18-15-26-21-17(18)4-3-7-24-21/h3-4,7,14-16H,5-6,8-13H2,1-2H3,(H,24,26)(H,25,30). The van der Waals surface area contributed by atoms with E-state index in [2.05, 4.69) is 36.2 Å². The third-order valence-electron chi connectivity index (χ3n) is 5.94. The number of rotatable bonds is 10. The van der Waals surface area contributed by atoms with Crippen LogP contribution in [0.1, 0.15) is 34.8 Å². The van der Waals surface area contributed by atoms with Gasteiger partial charge in [-0.2, -0.15) is 9.97 Å². The van der Waals surface area contributed by atoms with E-state index in [1.54, 1.807) is 19.4 Å². The number of carbonyl (C=O) groups is 1. The quantitative estimate of drug-likeness (QED) is 0.395. The molecule has 35 heavy (non-hydrogen) atoms. The van der Waals surface area contributed by atoms with Crippen molar-refractivity contribution >= 4 is 32.6 Å². The molecule has 3 aromatic heterocycles. The molecule has 4 rings (SSSR count). The van der Waals surface area contributed by atoms with Crippen LogP contribution in [0.15, 0.2) is 30.6 Å². The highest BCUT2D eigenvalue weighted by atomic mass is 32.2. The van der Waals surface area contributed by atoms with Gasteiger partial charge in [0.15, 0.2) is 0 Å². The first-order valence-corrected chi connectivity index (χ1v) is 13.5. The zero-order valence-electron chi connectivity index (χ0n) is 19.9. The summed E-state index contributed by atoms with van der Waals surface area (Å²) in [5.74, 6) is 0.363. The summed E-state index contributed by atoms with van der Waals surface area (Å²) in [7, 11) is -1.62. The van der Waals surface area contributed by atoms with Crippen LogP contribution in [-0.4, -0.2) is 86.2 Å². The average Bonchev–Trinajstić information content (AvgIpc) is 3.27. The fraction of sp³-hybridized carbons (Fsp3) is 0.478.